The van der Waals surface area contributed by atoms with Crippen LogP contribution in [-0.2, 0) is 6.54 Å². The summed E-state index contributed by atoms with van der Waals surface area (Å²) in [7, 11) is 0. The molecule has 128 valence electrons. The first-order valence-corrected chi connectivity index (χ1v) is 7.87. The Balaban J connectivity index is 1.91. The van der Waals surface area contributed by atoms with Crippen LogP contribution in [0.2, 0.25) is 0 Å². The van der Waals surface area contributed by atoms with Crippen LogP contribution in [0.3, 0.4) is 0 Å². The third kappa shape index (κ3) is 3.25. The Kier molecular flexibility index (Phi) is 4.78. The largest absolute Gasteiger partial charge is 0.239 e. The topological polar surface area (TPSA) is 3.24 Å². The molecule has 1 saturated carbocycles. The molecule has 0 unspecified atom stereocenters. The quantitative estimate of drug-likeness (QED) is 0.311. The molecule has 1 aliphatic carbocycles. The van der Waals surface area contributed by atoms with Gasteiger partial charge in [0.15, 0.2) is 23.3 Å². The fourth-order valence-corrected chi connectivity index (χ4v) is 3.31. The van der Waals surface area contributed by atoms with Gasteiger partial charge in [0.25, 0.3) is 0 Å². The Bertz CT molecular complexity index is 748. The molecule has 0 amide bonds. The smallest absolute Gasteiger partial charge is 0.200 e. The summed E-state index contributed by atoms with van der Waals surface area (Å²) in [5.74, 6) is -10.4. The highest BCUT2D eigenvalue weighted by Crippen LogP contribution is 2.40. The molecule has 24 heavy (non-hydrogen) atoms. The van der Waals surface area contributed by atoms with E-state index in [1.54, 1.807) is 6.07 Å². The molecule has 0 aliphatic heterocycles. The van der Waals surface area contributed by atoms with Crippen molar-refractivity contribution in [2.75, 3.05) is 0 Å². The summed E-state index contributed by atoms with van der Waals surface area (Å²) in [6, 6.07) is 5.74. The van der Waals surface area contributed by atoms with Crippen LogP contribution in [0.4, 0.5) is 26.3 Å². The van der Waals surface area contributed by atoms with Gasteiger partial charge in [-0.3, -0.25) is 0 Å². The highest BCUT2D eigenvalue weighted by atomic mass is 32.2. The van der Waals surface area contributed by atoms with Crippen molar-refractivity contribution in [2.24, 2.45) is 0 Å². The first-order chi connectivity index (χ1) is 11.4. The lowest BCUT2D eigenvalue weighted by atomic mass is 10.2. The Morgan fingerprint density at radius 2 is 1.38 bits per heavy atom. The van der Waals surface area contributed by atoms with Gasteiger partial charge in [0.05, 0.1) is 0 Å². The van der Waals surface area contributed by atoms with Gasteiger partial charge in [-0.25, -0.2) is 30.6 Å². The van der Waals surface area contributed by atoms with E-state index in [9.17, 15) is 26.3 Å². The average Bonchev–Trinajstić information content (AvgIpc) is 3.41. The number of halogens is 6. The SMILES string of the molecule is Fc1ccccc1CN(Sc1c(F)c(F)c(F)c(F)c1F)C1CC1. The van der Waals surface area contributed by atoms with E-state index in [4.69, 9.17) is 0 Å². The van der Waals surface area contributed by atoms with Crippen molar-refractivity contribution in [1.82, 2.24) is 4.31 Å². The highest BCUT2D eigenvalue weighted by molar-refractivity contribution is 7.97. The molecule has 0 heterocycles. The lowest BCUT2D eigenvalue weighted by Gasteiger charge is -2.22. The molecule has 0 aromatic heterocycles. The fraction of sp³-hybridized carbons (Fsp3) is 0.250. The first kappa shape index (κ1) is 17.2. The van der Waals surface area contributed by atoms with Gasteiger partial charge >= 0.3 is 0 Å². The van der Waals surface area contributed by atoms with Gasteiger partial charge in [-0.05, 0) is 30.9 Å². The molecule has 0 saturated heterocycles. The van der Waals surface area contributed by atoms with Crippen molar-refractivity contribution in [3.05, 3.63) is 64.7 Å². The van der Waals surface area contributed by atoms with Crippen molar-refractivity contribution in [1.29, 1.82) is 0 Å². The normalized spacial score (nSPS) is 14.5. The Morgan fingerprint density at radius 3 is 1.92 bits per heavy atom. The maximum atomic E-state index is 13.8. The van der Waals surface area contributed by atoms with E-state index in [0.717, 1.165) is 0 Å². The monoisotopic (exact) mass is 363 g/mol. The van der Waals surface area contributed by atoms with Crippen LogP contribution in [0.5, 0.6) is 0 Å². The number of rotatable bonds is 5. The molecule has 1 aliphatic rings. The van der Waals surface area contributed by atoms with Crippen LogP contribution < -0.4 is 0 Å². The van der Waals surface area contributed by atoms with E-state index in [1.165, 1.54) is 22.5 Å². The summed E-state index contributed by atoms with van der Waals surface area (Å²) in [5.41, 5.74) is 0.278. The Morgan fingerprint density at radius 1 is 0.833 bits per heavy atom. The van der Waals surface area contributed by atoms with Crippen molar-refractivity contribution in [3.63, 3.8) is 0 Å². The molecule has 0 radical (unpaired) electrons. The molecule has 1 fully saturated rings. The highest BCUT2D eigenvalue weighted by Gasteiger charge is 2.34. The lowest BCUT2D eigenvalue weighted by Crippen LogP contribution is -2.19. The third-order valence-corrected chi connectivity index (χ3v) is 4.82. The van der Waals surface area contributed by atoms with Gasteiger partial charge in [-0.2, -0.15) is 0 Å². The number of nitrogens with zero attached hydrogens (tertiary/aromatic N) is 1. The van der Waals surface area contributed by atoms with Gasteiger partial charge in [0.2, 0.25) is 5.82 Å². The van der Waals surface area contributed by atoms with Crippen LogP contribution in [0.1, 0.15) is 18.4 Å². The second kappa shape index (κ2) is 6.68. The number of hydrogen-bond donors (Lipinski definition) is 0. The zero-order valence-electron chi connectivity index (χ0n) is 12.1. The van der Waals surface area contributed by atoms with E-state index >= 15 is 0 Å². The van der Waals surface area contributed by atoms with Crippen LogP contribution >= 0.6 is 11.9 Å². The van der Waals surface area contributed by atoms with E-state index < -0.39 is 39.8 Å². The summed E-state index contributed by atoms with van der Waals surface area (Å²) in [6.45, 7) is -0.0124. The zero-order chi connectivity index (χ0) is 17.4. The maximum absolute atomic E-state index is 13.8. The van der Waals surface area contributed by atoms with Crippen LogP contribution in [-0.4, -0.2) is 10.3 Å². The molecule has 0 atom stereocenters. The summed E-state index contributed by atoms with van der Waals surface area (Å²) in [6.07, 6.45) is 1.41. The van der Waals surface area contributed by atoms with Crippen LogP contribution in [0.15, 0.2) is 29.2 Å². The lowest BCUT2D eigenvalue weighted by molar-refractivity contribution is 0.358. The van der Waals surface area contributed by atoms with Gasteiger partial charge < -0.3 is 0 Å². The average molecular weight is 363 g/mol. The van der Waals surface area contributed by atoms with Crippen molar-refractivity contribution in [2.45, 2.75) is 30.3 Å². The second-order valence-electron chi connectivity index (χ2n) is 5.39. The maximum Gasteiger partial charge on any atom is 0.200 e. The molecule has 0 spiro atoms. The van der Waals surface area contributed by atoms with E-state index in [0.29, 0.717) is 24.8 Å². The van der Waals surface area contributed by atoms with Crippen molar-refractivity contribution in [3.8, 4) is 0 Å². The van der Waals surface area contributed by atoms with Gasteiger partial charge in [-0.1, -0.05) is 18.2 Å². The predicted octanol–water partition coefficient (Wildman–Crippen LogP) is 5.19. The number of hydrogen-bond acceptors (Lipinski definition) is 2. The molecule has 2 aromatic rings. The molecule has 0 N–H and O–H groups in total. The molecule has 1 nitrogen and oxygen atoms in total. The van der Waals surface area contributed by atoms with Gasteiger partial charge in [-0.15, -0.1) is 0 Å². The summed E-state index contributed by atoms with van der Waals surface area (Å²) in [5, 5.41) is 0. The van der Waals surface area contributed by atoms with Gasteiger partial charge in [0.1, 0.15) is 10.7 Å². The second-order valence-corrected chi connectivity index (χ2v) is 6.45. The molecular weight excluding hydrogens is 352 g/mol. The van der Waals surface area contributed by atoms with Crippen LogP contribution in [0.25, 0.3) is 0 Å². The molecule has 0 bridgehead atoms. The van der Waals surface area contributed by atoms with Crippen LogP contribution in [0, 0.1) is 34.9 Å². The first-order valence-electron chi connectivity index (χ1n) is 7.09. The Labute approximate surface area is 138 Å². The predicted molar refractivity (Wildman–Crippen MR) is 77.1 cm³/mol. The summed E-state index contributed by atoms with van der Waals surface area (Å²) in [4.78, 5) is -0.977. The zero-order valence-corrected chi connectivity index (χ0v) is 12.9. The Hall–Kier alpha value is -1.67. The fourth-order valence-electron chi connectivity index (χ4n) is 2.18. The standard InChI is InChI=1S/C16H11F6NS/c17-10-4-2-1-3-8(10)7-23(9-5-6-9)24-16-14(21)12(19)11(18)13(20)15(16)22/h1-4,9H,5-7H2. The minimum absolute atomic E-state index is 0.0124. The minimum atomic E-state index is -2.19. The van der Waals surface area contributed by atoms with E-state index in [2.05, 4.69) is 0 Å². The van der Waals surface area contributed by atoms with Gasteiger partial charge in [0, 0.05) is 18.2 Å². The number of benzene rings is 2. The van der Waals surface area contributed by atoms with Crippen molar-refractivity contribution < 1.29 is 26.3 Å². The summed E-state index contributed by atoms with van der Waals surface area (Å²) >= 11 is 0.423. The van der Waals surface area contributed by atoms with Crippen molar-refractivity contribution >= 4 is 11.9 Å². The summed E-state index contributed by atoms with van der Waals surface area (Å²) < 4.78 is 82.6. The molecule has 3 rings (SSSR count). The molecule has 2 aromatic carbocycles. The third-order valence-electron chi connectivity index (χ3n) is 3.62. The minimum Gasteiger partial charge on any atom is -0.239 e. The van der Waals surface area contributed by atoms with E-state index in [1.807, 2.05) is 0 Å². The molecular formula is C16H11F6NS. The van der Waals surface area contributed by atoms with E-state index in [-0.39, 0.29) is 18.2 Å². The molecule has 8 heteroatoms.